The van der Waals surface area contributed by atoms with Crippen molar-refractivity contribution in [3.8, 4) is 23.0 Å². The molecule has 182 valence electrons. The van der Waals surface area contributed by atoms with Crippen molar-refractivity contribution in [2.75, 3.05) is 34.1 Å². The third-order valence-corrected chi connectivity index (χ3v) is 6.54. The summed E-state index contributed by atoms with van der Waals surface area (Å²) < 4.78 is 22.5. The first-order valence-electron chi connectivity index (χ1n) is 11.7. The van der Waals surface area contributed by atoms with Crippen molar-refractivity contribution in [3.63, 3.8) is 0 Å². The van der Waals surface area contributed by atoms with Gasteiger partial charge >= 0.3 is 0 Å². The lowest BCUT2D eigenvalue weighted by atomic mass is 9.87. The second-order valence-corrected chi connectivity index (χ2v) is 8.59. The quantitative estimate of drug-likeness (QED) is 0.535. The molecule has 2 aromatic carbocycles. The number of pyridine rings is 1. The number of methoxy groups -OCH3 is 2. The second-order valence-electron chi connectivity index (χ2n) is 8.59. The number of nitrogens with one attached hydrogen (secondary N) is 1. The number of ether oxygens (including phenoxy) is 4. The van der Waals surface area contributed by atoms with Gasteiger partial charge in [0, 0.05) is 29.9 Å². The predicted molar refractivity (Wildman–Crippen MR) is 130 cm³/mol. The first-order valence-corrected chi connectivity index (χ1v) is 11.7. The van der Waals surface area contributed by atoms with Gasteiger partial charge in [-0.05, 0) is 54.8 Å². The standard InChI is InChI=1S/C27H29N3O5/c1-32-22-8-9-24(33-2)27-20(22)10-12-30(16-26(31)29-15-19-5-3-4-11-28-19)21(27)13-18-6-7-23-25(14-18)35-17-34-23/h3-9,11,14,21H,10,12-13,15-17H2,1-2H3,(H,29,31). The molecule has 8 nitrogen and oxygen atoms in total. The Morgan fingerprint density at radius 1 is 1.09 bits per heavy atom. The van der Waals surface area contributed by atoms with Gasteiger partial charge in [0.05, 0.1) is 33.0 Å². The molecular weight excluding hydrogens is 446 g/mol. The second kappa shape index (κ2) is 10.2. The van der Waals surface area contributed by atoms with Crippen LogP contribution in [0.2, 0.25) is 0 Å². The van der Waals surface area contributed by atoms with Gasteiger partial charge in [0.1, 0.15) is 11.5 Å². The maximum absolute atomic E-state index is 13.0. The molecule has 0 spiro atoms. The van der Waals surface area contributed by atoms with Crippen LogP contribution in [0, 0.1) is 0 Å². The molecule has 3 aromatic rings. The molecule has 1 N–H and O–H groups in total. The number of benzene rings is 2. The molecule has 1 atom stereocenters. The van der Waals surface area contributed by atoms with E-state index in [2.05, 4.69) is 15.2 Å². The molecule has 0 bridgehead atoms. The Bertz CT molecular complexity index is 1200. The average Bonchev–Trinajstić information content (AvgIpc) is 3.36. The molecule has 3 heterocycles. The minimum atomic E-state index is -0.0789. The van der Waals surface area contributed by atoms with Gasteiger partial charge in [-0.15, -0.1) is 0 Å². The Labute approximate surface area is 204 Å². The normalized spacial score (nSPS) is 16.5. The molecular formula is C27H29N3O5. The number of amides is 1. The van der Waals surface area contributed by atoms with E-state index in [4.69, 9.17) is 18.9 Å². The minimum Gasteiger partial charge on any atom is -0.496 e. The Morgan fingerprint density at radius 3 is 2.71 bits per heavy atom. The van der Waals surface area contributed by atoms with Crippen molar-refractivity contribution >= 4 is 5.91 Å². The van der Waals surface area contributed by atoms with Crippen molar-refractivity contribution < 1.29 is 23.7 Å². The number of hydrogen-bond acceptors (Lipinski definition) is 7. The first-order chi connectivity index (χ1) is 17.2. The molecule has 1 aromatic heterocycles. The fraction of sp³-hybridized carbons (Fsp3) is 0.333. The zero-order valence-electron chi connectivity index (χ0n) is 20.0. The third-order valence-electron chi connectivity index (χ3n) is 6.54. The summed E-state index contributed by atoms with van der Waals surface area (Å²) >= 11 is 0. The highest BCUT2D eigenvalue weighted by Crippen LogP contribution is 2.43. The maximum atomic E-state index is 13.0. The number of carbonyl (C=O) groups is 1. The van der Waals surface area contributed by atoms with Crippen molar-refractivity contribution in [3.05, 3.63) is 77.1 Å². The van der Waals surface area contributed by atoms with Crippen LogP contribution in [0.5, 0.6) is 23.0 Å². The van der Waals surface area contributed by atoms with Crippen LogP contribution in [0.25, 0.3) is 0 Å². The van der Waals surface area contributed by atoms with Crippen LogP contribution in [0.15, 0.2) is 54.7 Å². The largest absolute Gasteiger partial charge is 0.496 e. The topological polar surface area (TPSA) is 82.2 Å². The highest BCUT2D eigenvalue weighted by molar-refractivity contribution is 5.78. The van der Waals surface area contributed by atoms with Crippen LogP contribution in [-0.2, 0) is 24.2 Å². The fourth-order valence-electron chi connectivity index (χ4n) is 4.85. The van der Waals surface area contributed by atoms with E-state index in [1.807, 2.05) is 48.5 Å². The summed E-state index contributed by atoms with van der Waals surface area (Å²) in [5.74, 6) is 3.09. The van der Waals surface area contributed by atoms with Gasteiger partial charge in [-0.25, -0.2) is 0 Å². The number of hydrogen-bond donors (Lipinski definition) is 1. The third kappa shape index (κ3) is 4.88. The van der Waals surface area contributed by atoms with Crippen LogP contribution >= 0.6 is 0 Å². The van der Waals surface area contributed by atoms with Crippen LogP contribution in [0.4, 0.5) is 0 Å². The van der Waals surface area contributed by atoms with Gasteiger partial charge in [-0.1, -0.05) is 12.1 Å². The number of aromatic nitrogens is 1. The fourth-order valence-corrected chi connectivity index (χ4v) is 4.85. The molecule has 0 saturated heterocycles. The number of carbonyl (C=O) groups excluding carboxylic acids is 1. The summed E-state index contributed by atoms with van der Waals surface area (Å²) in [4.78, 5) is 19.5. The zero-order chi connectivity index (χ0) is 24.2. The first kappa shape index (κ1) is 23.0. The summed E-state index contributed by atoms with van der Waals surface area (Å²) in [5, 5.41) is 3.00. The lowest BCUT2D eigenvalue weighted by Gasteiger charge is -2.38. The number of nitrogens with zero attached hydrogens (tertiary/aromatic N) is 2. The molecule has 8 heteroatoms. The number of rotatable bonds is 8. The molecule has 1 unspecified atom stereocenters. The van der Waals surface area contributed by atoms with Crippen LogP contribution in [0.1, 0.15) is 28.4 Å². The van der Waals surface area contributed by atoms with Gasteiger partial charge in [0.2, 0.25) is 12.7 Å². The molecule has 2 aliphatic heterocycles. The van der Waals surface area contributed by atoms with Gasteiger partial charge < -0.3 is 24.3 Å². The Morgan fingerprint density at radius 2 is 1.91 bits per heavy atom. The summed E-state index contributed by atoms with van der Waals surface area (Å²) in [6.07, 6.45) is 3.17. The van der Waals surface area contributed by atoms with E-state index < -0.39 is 0 Å². The smallest absolute Gasteiger partial charge is 0.234 e. The summed E-state index contributed by atoms with van der Waals surface area (Å²) in [6, 6.07) is 15.5. The molecule has 2 aliphatic rings. The van der Waals surface area contributed by atoms with Crippen molar-refractivity contribution in [2.24, 2.45) is 0 Å². The maximum Gasteiger partial charge on any atom is 0.234 e. The van der Waals surface area contributed by atoms with Gasteiger partial charge in [0.15, 0.2) is 11.5 Å². The molecule has 1 amide bonds. The molecule has 5 rings (SSSR count). The van der Waals surface area contributed by atoms with Crippen molar-refractivity contribution in [1.82, 2.24) is 15.2 Å². The van der Waals surface area contributed by atoms with E-state index in [-0.39, 0.29) is 25.3 Å². The Hall–Kier alpha value is -3.78. The van der Waals surface area contributed by atoms with Crippen LogP contribution < -0.4 is 24.3 Å². The molecule has 35 heavy (non-hydrogen) atoms. The minimum absolute atomic E-state index is 0.0448. The molecule has 0 aliphatic carbocycles. The van der Waals surface area contributed by atoms with E-state index in [0.717, 1.165) is 58.3 Å². The summed E-state index contributed by atoms with van der Waals surface area (Å²) in [6.45, 7) is 1.62. The highest BCUT2D eigenvalue weighted by atomic mass is 16.7. The summed E-state index contributed by atoms with van der Waals surface area (Å²) in [7, 11) is 3.37. The monoisotopic (exact) mass is 475 g/mol. The van der Waals surface area contributed by atoms with E-state index in [1.165, 1.54) is 0 Å². The van der Waals surface area contributed by atoms with E-state index in [1.54, 1.807) is 20.4 Å². The molecule has 0 radical (unpaired) electrons. The van der Waals surface area contributed by atoms with E-state index >= 15 is 0 Å². The highest BCUT2D eigenvalue weighted by Gasteiger charge is 2.33. The Balaban J connectivity index is 1.42. The lowest BCUT2D eigenvalue weighted by molar-refractivity contribution is -0.123. The lowest BCUT2D eigenvalue weighted by Crippen LogP contribution is -2.43. The molecule has 0 fully saturated rings. The van der Waals surface area contributed by atoms with Crippen molar-refractivity contribution in [2.45, 2.75) is 25.4 Å². The van der Waals surface area contributed by atoms with Crippen molar-refractivity contribution in [1.29, 1.82) is 0 Å². The Kier molecular flexibility index (Phi) is 6.72. The van der Waals surface area contributed by atoms with Gasteiger partial charge in [-0.2, -0.15) is 0 Å². The summed E-state index contributed by atoms with van der Waals surface area (Å²) in [5.41, 5.74) is 4.11. The average molecular weight is 476 g/mol. The van der Waals surface area contributed by atoms with E-state index in [9.17, 15) is 4.79 Å². The number of fused-ring (bicyclic) bond motifs is 2. The van der Waals surface area contributed by atoms with Crippen LogP contribution in [0.3, 0.4) is 0 Å². The zero-order valence-corrected chi connectivity index (χ0v) is 20.0. The molecule has 0 saturated carbocycles. The van der Waals surface area contributed by atoms with E-state index in [0.29, 0.717) is 13.0 Å². The SMILES string of the molecule is COc1ccc(OC)c2c1CCN(CC(=O)NCc1ccccn1)C2Cc1ccc2c(c1)OCO2. The van der Waals surface area contributed by atoms with Gasteiger partial charge in [-0.3, -0.25) is 14.7 Å². The van der Waals surface area contributed by atoms with Crippen LogP contribution in [-0.4, -0.2) is 49.9 Å². The van der Waals surface area contributed by atoms with Gasteiger partial charge in [0.25, 0.3) is 0 Å². The predicted octanol–water partition coefficient (Wildman–Crippen LogP) is 3.29.